The summed E-state index contributed by atoms with van der Waals surface area (Å²) in [6, 6.07) is 17.1. The number of anilines is 2. The molecule has 1 aromatic heterocycles. The molecular formula is C23H22FN3O2S. The van der Waals surface area contributed by atoms with E-state index in [1.807, 2.05) is 16.3 Å². The number of thiophene rings is 1. The number of halogens is 1. The van der Waals surface area contributed by atoms with Gasteiger partial charge in [0, 0.05) is 43.1 Å². The summed E-state index contributed by atoms with van der Waals surface area (Å²) in [5, 5.41) is 4.70. The van der Waals surface area contributed by atoms with Crippen LogP contribution in [-0.4, -0.2) is 42.9 Å². The number of hydrogen-bond acceptors (Lipinski definition) is 4. The molecule has 154 valence electrons. The minimum Gasteiger partial charge on any atom is -0.370 e. The lowest BCUT2D eigenvalue weighted by molar-refractivity contribution is 0.0767. The van der Waals surface area contributed by atoms with Gasteiger partial charge in [-0.15, -0.1) is 11.3 Å². The van der Waals surface area contributed by atoms with Crippen molar-refractivity contribution >= 4 is 34.5 Å². The Kier molecular flexibility index (Phi) is 6.09. The number of amides is 2. The lowest BCUT2D eigenvalue weighted by Crippen LogP contribution is -2.35. The topological polar surface area (TPSA) is 52.7 Å². The van der Waals surface area contributed by atoms with E-state index in [9.17, 15) is 14.0 Å². The minimum absolute atomic E-state index is 0.0212. The highest BCUT2D eigenvalue weighted by molar-refractivity contribution is 7.12. The maximum atomic E-state index is 13.2. The molecule has 0 unspecified atom stereocenters. The predicted molar refractivity (Wildman–Crippen MR) is 118 cm³/mol. The van der Waals surface area contributed by atoms with E-state index in [4.69, 9.17) is 0 Å². The zero-order valence-electron chi connectivity index (χ0n) is 16.4. The summed E-state index contributed by atoms with van der Waals surface area (Å²) in [6.07, 6.45) is 0.845. The van der Waals surface area contributed by atoms with Crippen LogP contribution < -0.4 is 10.2 Å². The molecule has 3 aromatic rings. The molecule has 0 saturated carbocycles. The van der Waals surface area contributed by atoms with Gasteiger partial charge in [0.1, 0.15) is 5.82 Å². The van der Waals surface area contributed by atoms with E-state index >= 15 is 0 Å². The van der Waals surface area contributed by atoms with Crippen molar-refractivity contribution in [1.82, 2.24) is 4.90 Å². The van der Waals surface area contributed by atoms with Crippen molar-refractivity contribution in [3.05, 3.63) is 82.3 Å². The van der Waals surface area contributed by atoms with Gasteiger partial charge in [0.05, 0.1) is 4.88 Å². The summed E-state index contributed by atoms with van der Waals surface area (Å²) in [4.78, 5) is 29.7. The molecule has 5 nitrogen and oxygen atoms in total. The molecule has 1 N–H and O–H groups in total. The monoisotopic (exact) mass is 423 g/mol. The molecule has 2 heterocycles. The molecule has 30 heavy (non-hydrogen) atoms. The fraction of sp³-hybridized carbons (Fsp3) is 0.217. The van der Waals surface area contributed by atoms with Gasteiger partial charge in [0.15, 0.2) is 0 Å². The zero-order chi connectivity index (χ0) is 20.9. The van der Waals surface area contributed by atoms with Gasteiger partial charge in [0.2, 0.25) is 0 Å². The van der Waals surface area contributed by atoms with E-state index < -0.39 is 0 Å². The molecule has 1 aliphatic heterocycles. The van der Waals surface area contributed by atoms with Crippen molar-refractivity contribution in [2.45, 2.75) is 6.42 Å². The zero-order valence-corrected chi connectivity index (χ0v) is 17.2. The summed E-state index contributed by atoms with van der Waals surface area (Å²) in [6.45, 7) is 2.80. The van der Waals surface area contributed by atoms with Crippen LogP contribution in [0.2, 0.25) is 0 Å². The van der Waals surface area contributed by atoms with Crippen LogP contribution in [0.25, 0.3) is 0 Å². The van der Waals surface area contributed by atoms with Crippen molar-refractivity contribution in [2.75, 3.05) is 36.4 Å². The van der Waals surface area contributed by atoms with Crippen LogP contribution in [0.4, 0.5) is 15.8 Å². The molecule has 0 aliphatic carbocycles. The Labute approximate surface area is 178 Å². The molecule has 0 spiro atoms. The third kappa shape index (κ3) is 4.68. The summed E-state index contributed by atoms with van der Waals surface area (Å²) in [5.74, 6) is -0.426. The molecule has 0 atom stereocenters. The molecule has 4 rings (SSSR count). The Bertz CT molecular complexity index is 1000. The SMILES string of the molecule is O=C(Nc1ccc(C(=O)N2CCCN(c3ccc(F)cc3)CC2)cc1)c1cccs1. The summed E-state index contributed by atoms with van der Waals surface area (Å²) >= 11 is 1.38. The molecule has 0 radical (unpaired) electrons. The minimum atomic E-state index is -0.250. The van der Waals surface area contributed by atoms with E-state index in [2.05, 4.69) is 10.2 Å². The third-order valence-electron chi connectivity index (χ3n) is 5.11. The van der Waals surface area contributed by atoms with Gasteiger partial charge in [-0.3, -0.25) is 9.59 Å². The molecule has 1 aliphatic rings. The average Bonchev–Trinajstić information content (AvgIpc) is 3.20. The number of nitrogens with one attached hydrogen (secondary N) is 1. The van der Waals surface area contributed by atoms with Gasteiger partial charge in [-0.2, -0.15) is 0 Å². The summed E-state index contributed by atoms with van der Waals surface area (Å²) < 4.78 is 13.2. The first-order valence-electron chi connectivity index (χ1n) is 9.85. The molecule has 2 amide bonds. The maximum Gasteiger partial charge on any atom is 0.265 e. The normalized spacial score (nSPS) is 14.3. The van der Waals surface area contributed by atoms with Gasteiger partial charge in [0.25, 0.3) is 11.8 Å². The lowest BCUT2D eigenvalue weighted by atomic mass is 10.1. The first kappa shape index (κ1) is 20.1. The Morgan fingerprint density at radius 3 is 2.37 bits per heavy atom. The van der Waals surface area contributed by atoms with Crippen LogP contribution in [0, 0.1) is 5.82 Å². The van der Waals surface area contributed by atoms with Crippen molar-refractivity contribution in [3.8, 4) is 0 Å². The quantitative estimate of drug-likeness (QED) is 0.673. The standard InChI is InChI=1S/C23H22FN3O2S/c24-18-6-10-20(11-7-18)26-12-2-13-27(15-14-26)23(29)17-4-8-19(9-5-17)25-22(28)21-3-1-16-30-21/h1,3-11,16H,2,12-15H2,(H,25,28). The van der Waals surface area contributed by atoms with Crippen molar-refractivity contribution in [1.29, 1.82) is 0 Å². The second-order valence-corrected chi connectivity index (χ2v) is 8.07. The summed E-state index contributed by atoms with van der Waals surface area (Å²) in [5.41, 5.74) is 2.22. The van der Waals surface area contributed by atoms with E-state index in [1.54, 1.807) is 42.5 Å². The highest BCUT2D eigenvalue weighted by atomic mass is 32.1. The smallest absolute Gasteiger partial charge is 0.265 e. The van der Waals surface area contributed by atoms with Crippen LogP contribution in [0.5, 0.6) is 0 Å². The Morgan fingerprint density at radius 1 is 0.900 bits per heavy atom. The molecular weight excluding hydrogens is 401 g/mol. The van der Waals surface area contributed by atoms with E-state index in [0.717, 1.165) is 18.7 Å². The second kappa shape index (κ2) is 9.09. The van der Waals surface area contributed by atoms with Crippen LogP contribution in [-0.2, 0) is 0 Å². The number of nitrogens with zero attached hydrogens (tertiary/aromatic N) is 2. The highest BCUT2D eigenvalue weighted by Crippen LogP contribution is 2.19. The fourth-order valence-corrected chi connectivity index (χ4v) is 4.13. The Balaban J connectivity index is 1.37. The number of carbonyl (C=O) groups is 2. The summed E-state index contributed by atoms with van der Waals surface area (Å²) in [7, 11) is 0. The number of carbonyl (C=O) groups excluding carboxylic acids is 2. The van der Waals surface area contributed by atoms with Gasteiger partial charge in [-0.25, -0.2) is 4.39 Å². The first-order valence-corrected chi connectivity index (χ1v) is 10.7. The highest BCUT2D eigenvalue weighted by Gasteiger charge is 2.20. The van der Waals surface area contributed by atoms with Crippen molar-refractivity contribution in [2.24, 2.45) is 0 Å². The van der Waals surface area contributed by atoms with Crippen LogP contribution in [0.3, 0.4) is 0 Å². The predicted octanol–water partition coefficient (Wildman–Crippen LogP) is 4.49. The largest absolute Gasteiger partial charge is 0.370 e. The molecule has 7 heteroatoms. The van der Waals surface area contributed by atoms with Crippen molar-refractivity contribution < 1.29 is 14.0 Å². The lowest BCUT2D eigenvalue weighted by Gasteiger charge is -2.24. The average molecular weight is 424 g/mol. The van der Waals surface area contributed by atoms with Gasteiger partial charge < -0.3 is 15.1 Å². The Hall–Kier alpha value is -3.19. The van der Waals surface area contributed by atoms with Crippen LogP contribution in [0.1, 0.15) is 26.5 Å². The number of rotatable bonds is 4. The van der Waals surface area contributed by atoms with Gasteiger partial charge in [-0.05, 0) is 66.4 Å². The fourth-order valence-electron chi connectivity index (χ4n) is 3.51. The van der Waals surface area contributed by atoms with Gasteiger partial charge >= 0.3 is 0 Å². The number of hydrogen-bond donors (Lipinski definition) is 1. The molecule has 0 bridgehead atoms. The van der Waals surface area contributed by atoms with Crippen molar-refractivity contribution in [3.63, 3.8) is 0 Å². The molecule has 1 fully saturated rings. The van der Waals surface area contributed by atoms with E-state index in [0.29, 0.717) is 35.8 Å². The van der Waals surface area contributed by atoms with Gasteiger partial charge in [-0.1, -0.05) is 6.07 Å². The first-order chi connectivity index (χ1) is 14.6. The van der Waals surface area contributed by atoms with Crippen LogP contribution >= 0.6 is 11.3 Å². The van der Waals surface area contributed by atoms with Crippen LogP contribution in [0.15, 0.2) is 66.0 Å². The Morgan fingerprint density at radius 2 is 1.67 bits per heavy atom. The van der Waals surface area contributed by atoms with E-state index in [1.165, 1.54) is 23.5 Å². The maximum absolute atomic E-state index is 13.2. The van der Waals surface area contributed by atoms with E-state index in [-0.39, 0.29) is 17.6 Å². The third-order valence-corrected chi connectivity index (χ3v) is 5.98. The number of benzene rings is 2. The molecule has 2 aromatic carbocycles. The molecule has 1 saturated heterocycles. The second-order valence-electron chi connectivity index (χ2n) is 7.12.